The molecule has 1 aromatic carbocycles. The maximum absolute atomic E-state index is 12.1. The number of rotatable bonds is 12. The monoisotopic (exact) mass is 570 g/mol. The van der Waals surface area contributed by atoms with Gasteiger partial charge in [-0.15, -0.1) is 6.58 Å². The summed E-state index contributed by atoms with van der Waals surface area (Å²) in [6, 6.07) is 9.62. The molecule has 38 heavy (non-hydrogen) atoms. The Bertz CT molecular complexity index is 1250. The smallest absolute Gasteiger partial charge is 0.331 e. The lowest BCUT2D eigenvalue weighted by atomic mass is 9.61. The van der Waals surface area contributed by atoms with Gasteiger partial charge in [-0.05, 0) is 84.9 Å². The van der Waals surface area contributed by atoms with Crippen molar-refractivity contribution < 1.29 is 23.8 Å². The molecule has 3 rings (SSSR count). The molecule has 0 spiro atoms. The van der Waals surface area contributed by atoms with Gasteiger partial charge in [-0.2, -0.15) is 0 Å². The number of hydrogen-bond donors (Lipinski definition) is 0. The van der Waals surface area contributed by atoms with Gasteiger partial charge in [0.05, 0.1) is 0 Å². The molecule has 0 radical (unpaired) electrons. The third kappa shape index (κ3) is 8.35. The molecule has 1 aromatic heterocycles. The molecule has 0 saturated heterocycles. The first-order chi connectivity index (χ1) is 18.1. The van der Waals surface area contributed by atoms with Crippen molar-refractivity contribution in [3.8, 4) is 16.2 Å². The lowest BCUT2D eigenvalue weighted by Crippen LogP contribution is -2.34. The van der Waals surface area contributed by atoms with Crippen molar-refractivity contribution in [2.45, 2.75) is 33.1 Å². The Morgan fingerprint density at radius 1 is 1.11 bits per heavy atom. The average Bonchev–Trinajstić information content (AvgIpc) is 3.35. The van der Waals surface area contributed by atoms with Gasteiger partial charge < -0.3 is 14.2 Å². The molecule has 1 aliphatic rings. The highest BCUT2D eigenvalue weighted by atomic mass is 32.9. The van der Waals surface area contributed by atoms with Crippen molar-refractivity contribution in [1.82, 2.24) is 0 Å². The molecule has 1 aliphatic carbocycles. The number of carbonyl (C=O) groups excluding carboxylic acids is 2. The summed E-state index contributed by atoms with van der Waals surface area (Å²) in [5, 5.41) is 0. The summed E-state index contributed by atoms with van der Waals surface area (Å²) in [6.45, 7) is 17.0. The Hall–Kier alpha value is -2.81. The van der Waals surface area contributed by atoms with E-state index in [1.54, 1.807) is 20.7 Å². The van der Waals surface area contributed by atoms with Gasteiger partial charge >= 0.3 is 11.9 Å². The van der Waals surface area contributed by atoms with Crippen molar-refractivity contribution in [3.05, 3.63) is 83.3 Å². The summed E-state index contributed by atoms with van der Waals surface area (Å²) in [4.78, 5) is 25.1. The molecule has 0 N–H and O–H groups in total. The van der Waals surface area contributed by atoms with E-state index in [0.717, 1.165) is 56.8 Å². The number of esters is 2. The molecule has 0 bridgehead atoms. The molecule has 1 heterocycles. The third-order valence-electron chi connectivity index (χ3n) is 6.94. The zero-order chi connectivity index (χ0) is 27.7. The molecule has 5 nitrogen and oxygen atoms in total. The molecule has 2 aromatic rings. The van der Waals surface area contributed by atoms with E-state index in [0.29, 0.717) is 11.7 Å². The van der Waals surface area contributed by atoms with Crippen LogP contribution in [0.1, 0.15) is 33.1 Å². The second-order valence-electron chi connectivity index (χ2n) is 9.71. The Labute approximate surface area is 237 Å². The van der Waals surface area contributed by atoms with Crippen molar-refractivity contribution in [3.63, 3.8) is 0 Å². The lowest BCUT2D eigenvalue weighted by molar-refractivity contribution is -0.140. The standard InChI is InChI=1S/C30H34O5S3/c1-6-30(5)14-13-23(17-25(30)20(2)3)21(4)19-35-28(32)12-11-27(31)34-16-15-33-24-9-7-22(8-10-24)26-18-29(36)38-37-26/h6-12,18,23,25H,1-2,4,13-17,19H2,3,5H3/b12-11-/t23-,25+,30-/m1/s1. The highest BCUT2D eigenvalue weighted by Gasteiger charge is 2.38. The minimum absolute atomic E-state index is 0.0265. The molecule has 1 saturated carbocycles. The van der Waals surface area contributed by atoms with Crippen LogP contribution in [0.3, 0.4) is 0 Å². The maximum Gasteiger partial charge on any atom is 0.331 e. The minimum Gasteiger partial charge on any atom is -0.490 e. The van der Waals surface area contributed by atoms with Crippen LogP contribution in [0.4, 0.5) is 0 Å². The number of carbonyl (C=O) groups is 2. The molecule has 0 amide bonds. The van der Waals surface area contributed by atoms with Crippen LogP contribution < -0.4 is 4.74 Å². The summed E-state index contributed by atoms with van der Waals surface area (Å²) in [5.74, 6) is -0.0179. The summed E-state index contributed by atoms with van der Waals surface area (Å²) in [5.41, 5.74) is 3.11. The largest absolute Gasteiger partial charge is 0.490 e. The summed E-state index contributed by atoms with van der Waals surface area (Å²) >= 11 is 5.18. The Balaban J connectivity index is 1.34. The van der Waals surface area contributed by atoms with Gasteiger partial charge in [-0.3, -0.25) is 0 Å². The van der Waals surface area contributed by atoms with Crippen LogP contribution in [0.5, 0.6) is 5.75 Å². The van der Waals surface area contributed by atoms with Gasteiger partial charge in [-0.1, -0.05) is 64.6 Å². The van der Waals surface area contributed by atoms with Crippen molar-refractivity contribution >= 4 is 44.8 Å². The number of allylic oxidation sites excluding steroid dienone is 2. The summed E-state index contributed by atoms with van der Waals surface area (Å²) in [6.07, 6.45) is 7.01. The normalized spacial score (nSPS) is 21.0. The second kappa shape index (κ2) is 13.8. The van der Waals surface area contributed by atoms with Crippen LogP contribution in [0, 0.1) is 21.1 Å². The topological polar surface area (TPSA) is 61.8 Å². The number of hydrogen-bond acceptors (Lipinski definition) is 8. The first kappa shape index (κ1) is 29.7. The van der Waals surface area contributed by atoms with Crippen LogP contribution >= 0.6 is 32.9 Å². The fourth-order valence-electron chi connectivity index (χ4n) is 4.61. The van der Waals surface area contributed by atoms with E-state index in [1.807, 2.05) is 36.4 Å². The van der Waals surface area contributed by atoms with Crippen molar-refractivity contribution in [2.24, 2.45) is 17.3 Å². The van der Waals surface area contributed by atoms with Crippen LogP contribution in [0.25, 0.3) is 10.4 Å². The van der Waals surface area contributed by atoms with Crippen molar-refractivity contribution in [1.29, 1.82) is 0 Å². The predicted octanol–water partition coefficient (Wildman–Crippen LogP) is 7.97. The van der Waals surface area contributed by atoms with Gasteiger partial charge in [0.1, 0.15) is 29.4 Å². The zero-order valence-corrected chi connectivity index (χ0v) is 24.4. The predicted molar refractivity (Wildman–Crippen MR) is 158 cm³/mol. The van der Waals surface area contributed by atoms with Gasteiger partial charge in [0.25, 0.3) is 0 Å². The van der Waals surface area contributed by atoms with E-state index in [2.05, 4.69) is 33.6 Å². The van der Waals surface area contributed by atoms with Crippen LogP contribution in [0.15, 0.2) is 79.4 Å². The highest BCUT2D eigenvalue weighted by molar-refractivity contribution is 7.80. The molecule has 1 fully saturated rings. The first-order valence-corrected chi connectivity index (χ1v) is 15.0. The van der Waals surface area contributed by atoms with E-state index in [1.165, 1.54) is 0 Å². The Morgan fingerprint density at radius 2 is 1.79 bits per heavy atom. The molecule has 8 heteroatoms. The fraction of sp³-hybridized carbons (Fsp3) is 0.367. The Morgan fingerprint density at radius 3 is 2.39 bits per heavy atom. The van der Waals surface area contributed by atoms with Crippen LogP contribution in [-0.4, -0.2) is 31.8 Å². The number of benzene rings is 1. The average molecular weight is 571 g/mol. The van der Waals surface area contributed by atoms with Crippen LogP contribution in [-0.2, 0) is 19.1 Å². The van der Waals surface area contributed by atoms with E-state index < -0.39 is 11.9 Å². The minimum atomic E-state index is -0.640. The Kier molecular flexibility index (Phi) is 10.8. The third-order valence-corrected chi connectivity index (χ3v) is 9.85. The molecule has 0 aliphatic heterocycles. The van der Waals surface area contributed by atoms with E-state index >= 15 is 0 Å². The highest BCUT2D eigenvalue weighted by Crippen LogP contribution is 2.48. The van der Waals surface area contributed by atoms with E-state index in [-0.39, 0.29) is 31.2 Å². The first-order valence-electron chi connectivity index (χ1n) is 12.4. The van der Waals surface area contributed by atoms with Crippen molar-refractivity contribution in [2.75, 3.05) is 19.8 Å². The maximum atomic E-state index is 12.1. The molecule has 202 valence electrons. The van der Waals surface area contributed by atoms with Gasteiger partial charge in [0.15, 0.2) is 0 Å². The molecule has 0 unspecified atom stereocenters. The van der Waals surface area contributed by atoms with Gasteiger partial charge in [0.2, 0.25) is 0 Å². The zero-order valence-electron chi connectivity index (χ0n) is 21.9. The molecule has 3 atom stereocenters. The molecular formula is C30H34O5S3. The van der Waals surface area contributed by atoms with Gasteiger partial charge in [-0.25, -0.2) is 9.59 Å². The molecular weight excluding hydrogens is 537 g/mol. The second-order valence-corrected chi connectivity index (χ2v) is 12.6. The SMILES string of the molecule is C=C[C@]1(C)CC[C@@H](C(=C)COC(=O)/C=C\C(=O)OCCOc2ccc(-c3cc(=S)ss3)cc2)C[C@H]1C(=C)C. The quantitative estimate of drug-likeness (QED) is 0.0644. The van der Waals surface area contributed by atoms with Crippen LogP contribution in [0.2, 0.25) is 0 Å². The fourth-order valence-corrected chi connectivity index (χ4v) is 7.02. The lowest BCUT2D eigenvalue weighted by Gasteiger charge is -2.43. The summed E-state index contributed by atoms with van der Waals surface area (Å²) in [7, 11) is 3.21. The van der Waals surface area contributed by atoms with E-state index in [4.69, 9.17) is 26.4 Å². The van der Waals surface area contributed by atoms with Gasteiger partial charge in [0, 0.05) is 17.0 Å². The summed E-state index contributed by atoms with van der Waals surface area (Å²) < 4.78 is 16.9. The van der Waals surface area contributed by atoms with E-state index in [9.17, 15) is 9.59 Å². The number of ether oxygens (including phenoxy) is 3.